The van der Waals surface area contributed by atoms with Crippen molar-refractivity contribution >= 4 is 0 Å². The molecule has 3 nitrogen and oxygen atoms in total. The van der Waals surface area contributed by atoms with Crippen LogP contribution in [0.25, 0.3) is 0 Å². The molecule has 2 heterocycles. The first-order valence-corrected chi connectivity index (χ1v) is 4.54. The topological polar surface area (TPSA) is 29.9 Å². The van der Waals surface area contributed by atoms with Gasteiger partial charge in [0.05, 0.1) is 11.7 Å². The van der Waals surface area contributed by atoms with E-state index in [1.54, 1.807) is 0 Å². The zero-order chi connectivity index (χ0) is 8.55. The van der Waals surface area contributed by atoms with Crippen molar-refractivity contribution in [3.63, 3.8) is 0 Å². The van der Waals surface area contributed by atoms with Crippen LogP contribution in [0.5, 0.6) is 0 Å². The van der Waals surface area contributed by atoms with Crippen molar-refractivity contribution in [2.75, 3.05) is 6.54 Å². The number of hydrogen-bond acceptors (Lipinski definition) is 2. The van der Waals surface area contributed by atoms with Crippen molar-refractivity contribution in [2.45, 2.75) is 32.9 Å². The molecule has 0 bridgehead atoms. The van der Waals surface area contributed by atoms with Crippen LogP contribution in [0.4, 0.5) is 0 Å². The Balaban J connectivity index is 2.38. The van der Waals surface area contributed by atoms with Gasteiger partial charge >= 0.3 is 0 Å². The average Bonchev–Trinajstić information content (AvgIpc) is 2.33. The Hall–Kier alpha value is -0.830. The summed E-state index contributed by atoms with van der Waals surface area (Å²) in [4.78, 5) is 4.49. The summed E-state index contributed by atoms with van der Waals surface area (Å²) in [5.74, 6) is 1.19. The Morgan fingerprint density at radius 2 is 2.50 bits per heavy atom. The van der Waals surface area contributed by atoms with Gasteiger partial charge in [-0.1, -0.05) is 0 Å². The lowest BCUT2D eigenvalue weighted by atomic mass is 10.3. The van der Waals surface area contributed by atoms with Gasteiger partial charge in [-0.2, -0.15) is 0 Å². The first-order valence-electron chi connectivity index (χ1n) is 4.54. The van der Waals surface area contributed by atoms with E-state index < -0.39 is 0 Å². The molecular formula is C9H15N3. The maximum Gasteiger partial charge on any atom is 0.125 e. The maximum absolute atomic E-state index is 4.49. The highest BCUT2D eigenvalue weighted by molar-refractivity contribution is 5.06. The van der Waals surface area contributed by atoms with Crippen molar-refractivity contribution in [2.24, 2.45) is 0 Å². The minimum atomic E-state index is 0.404. The van der Waals surface area contributed by atoms with Crippen molar-refractivity contribution < 1.29 is 0 Å². The summed E-state index contributed by atoms with van der Waals surface area (Å²) >= 11 is 0. The van der Waals surface area contributed by atoms with Gasteiger partial charge in [-0.15, -0.1) is 0 Å². The SMILES string of the molecule is Cc1cn2c(n1)[C@H](C)NCCC2. The van der Waals surface area contributed by atoms with Crippen LogP contribution in [0.2, 0.25) is 0 Å². The molecule has 3 heteroatoms. The van der Waals surface area contributed by atoms with Gasteiger partial charge in [0.15, 0.2) is 0 Å². The third-order valence-corrected chi connectivity index (χ3v) is 2.34. The van der Waals surface area contributed by atoms with Crippen LogP contribution in [0.3, 0.4) is 0 Å². The fraction of sp³-hybridized carbons (Fsp3) is 0.667. The van der Waals surface area contributed by atoms with E-state index in [4.69, 9.17) is 0 Å². The molecule has 0 spiro atoms. The molecule has 0 unspecified atom stereocenters. The Morgan fingerprint density at radius 3 is 3.33 bits per heavy atom. The van der Waals surface area contributed by atoms with Crippen molar-refractivity contribution in [1.29, 1.82) is 0 Å². The van der Waals surface area contributed by atoms with E-state index >= 15 is 0 Å². The molecule has 0 aliphatic carbocycles. The number of nitrogens with one attached hydrogen (secondary N) is 1. The van der Waals surface area contributed by atoms with E-state index in [0.717, 1.165) is 18.8 Å². The van der Waals surface area contributed by atoms with Crippen LogP contribution in [0.1, 0.15) is 30.9 Å². The number of hydrogen-bond donors (Lipinski definition) is 1. The molecule has 1 atom stereocenters. The minimum Gasteiger partial charge on any atom is -0.333 e. The molecule has 2 rings (SSSR count). The number of aromatic nitrogens is 2. The second kappa shape index (κ2) is 2.90. The highest BCUT2D eigenvalue weighted by atomic mass is 15.1. The lowest BCUT2D eigenvalue weighted by molar-refractivity contribution is 0.570. The fourth-order valence-corrected chi connectivity index (χ4v) is 1.75. The summed E-state index contributed by atoms with van der Waals surface area (Å²) in [6, 6.07) is 0.404. The summed E-state index contributed by atoms with van der Waals surface area (Å²) in [5, 5.41) is 3.43. The van der Waals surface area contributed by atoms with Crippen LogP contribution >= 0.6 is 0 Å². The Bertz CT molecular complexity index is 277. The summed E-state index contributed by atoms with van der Waals surface area (Å²) in [7, 11) is 0. The van der Waals surface area contributed by atoms with Crippen LogP contribution in [0.15, 0.2) is 6.20 Å². The largest absolute Gasteiger partial charge is 0.333 e. The normalized spacial score (nSPS) is 23.3. The highest BCUT2D eigenvalue weighted by Crippen LogP contribution is 2.15. The highest BCUT2D eigenvalue weighted by Gasteiger charge is 2.15. The molecule has 0 aromatic carbocycles. The second-order valence-corrected chi connectivity index (χ2v) is 3.46. The van der Waals surface area contributed by atoms with Gasteiger partial charge in [0.1, 0.15) is 5.82 Å². The van der Waals surface area contributed by atoms with Gasteiger partial charge in [0.2, 0.25) is 0 Å². The molecule has 12 heavy (non-hydrogen) atoms. The molecule has 0 amide bonds. The third kappa shape index (κ3) is 1.25. The first kappa shape index (κ1) is 7.80. The maximum atomic E-state index is 4.49. The van der Waals surface area contributed by atoms with Gasteiger partial charge in [0, 0.05) is 12.7 Å². The van der Waals surface area contributed by atoms with Crippen molar-refractivity contribution in [3.8, 4) is 0 Å². The number of rotatable bonds is 0. The summed E-state index contributed by atoms with van der Waals surface area (Å²) in [5.41, 5.74) is 1.13. The molecular weight excluding hydrogens is 150 g/mol. The quantitative estimate of drug-likeness (QED) is 0.627. The third-order valence-electron chi connectivity index (χ3n) is 2.34. The summed E-state index contributed by atoms with van der Waals surface area (Å²) < 4.78 is 2.26. The van der Waals surface area contributed by atoms with Gasteiger partial charge in [-0.25, -0.2) is 4.98 Å². The molecule has 0 saturated carbocycles. The molecule has 1 aliphatic rings. The van der Waals surface area contributed by atoms with E-state index in [2.05, 4.69) is 28.0 Å². The van der Waals surface area contributed by atoms with E-state index in [-0.39, 0.29) is 0 Å². The Morgan fingerprint density at radius 1 is 1.67 bits per heavy atom. The molecule has 0 saturated heterocycles. The van der Waals surface area contributed by atoms with Gasteiger partial charge in [0.25, 0.3) is 0 Å². The average molecular weight is 165 g/mol. The Kier molecular flexibility index (Phi) is 1.89. The van der Waals surface area contributed by atoms with Crippen molar-refractivity contribution in [1.82, 2.24) is 14.9 Å². The summed E-state index contributed by atoms with van der Waals surface area (Å²) in [6.45, 7) is 6.43. The smallest absolute Gasteiger partial charge is 0.125 e. The van der Waals surface area contributed by atoms with Gasteiger partial charge in [-0.05, 0) is 26.8 Å². The van der Waals surface area contributed by atoms with E-state index in [0.29, 0.717) is 6.04 Å². The molecule has 66 valence electrons. The number of nitrogens with zero attached hydrogens (tertiary/aromatic N) is 2. The number of aryl methyl sites for hydroxylation is 2. The number of fused-ring (bicyclic) bond motifs is 1. The standard InChI is InChI=1S/C9H15N3/c1-7-6-12-5-3-4-10-8(2)9(12)11-7/h6,8,10H,3-5H2,1-2H3/t8-/m0/s1. The predicted octanol–water partition coefficient (Wildman–Crippen LogP) is 1.25. The minimum absolute atomic E-state index is 0.404. The van der Waals surface area contributed by atoms with E-state index in [9.17, 15) is 0 Å². The van der Waals surface area contributed by atoms with Gasteiger partial charge in [-0.3, -0.25) is 0 Å². The van der Waals surface area contributed by atoms with Crippen LogP contribution in [-0.2, 0) is 6.54 Å². The van der Waals surface area contributed by atoms with Crippen LogP contribution < -0.4 is 5.32 Å². The summed E-state index contributed by atoms with van der Waals surface area (Å²) in [6.07, 6.45) is 3.34. The molecule has 1 aliphatic heterocycles. The zero-order valence-electron chi connectivity index (χ0n) is 7.67. The fourth-order valence-electron chi connectivity index (χ4n) is 1.75. The molecule has 0 fully saturated rings. The Labute approximate surface area is 72.8 Å². The molecule has 1 N–H and O–H groups in total. The van der Waals surface area contributed by atoms with E-state index in [1.165, 1.54) is 12.2 Å². The lowest BCUT2D eigenvalue weighted by Crippen LogP contribution is -2.18. The first-order chi connectivity index (χ1) is 5.77. The van der Waals surface area contributed by atoms with E-state index in [1.807, 2.05) is 6.92 Å². The monoisotopic (exact) mass is 165 g/mol. The second-order valence-electron chi connectivity index (χ2n) is 3.46. The zero-order valence-corrected chi connectivity index (χ0v) is 7.67. The van der Waals surface area contributed by atoms with Crippen molar-refractivity contribution in [3.05, 3.63) is 17.7 Å². The van der Waals surface area contributed by atoms with Gasteiger partial charge < -0.3 is 9.88 Å². The van der Waals surface area contributed by atoms with Crippen LogP contribution in [0, 0.1) is 6.92 Å². The lowest BCUT2D eigenvalue weighted by Gasteiger charge is -2.08. The predicted molar refractivity (Wildman–Crippen MR) is 48.0 cm³/mol. The molecule has 1 aromatic rings. The number of imidazole rings is 1. The molecule has 0 radical (unpaired) electrons. The van der Waals surface area contributed by atoms with Crippen LogP contribution in [-0.4, -0.2) is 16.1 Å². The molecule has 1 aromatic heterocycles.